The fourth-order valence-corrected chi connectivity index (χ4v) is 5.57. The third-order valence-corrected chi connectivity index (χ3v) is 6.57. The van der Waals surface area contributed by atoms with Gasteiger partial charge in [-0.15, -0.1) is 0 Å². The number of Topliss-reactive ketones (excluding diaryl/α,β-unsaturated/α-hetero) is 2. The lowest BCUT2D eigenvalue weighted by atomic mass is 9.95. The highest BCUT2D eigenvalue weighted by molar-refractivity contribution is 6.04. The van der Waals surface area contributed by atoms with Crippen molar-refractivity contribution in [3.05, 3.63) is 55.7 Å². The molecule has 0 atom stereocenters. The summed E-state index contributed by atoms with van der Waals surface area (Å²) in [5.74, 6) is 0.771. The van der Waals surface area contributed by atoms with Crippen LogP contribution in [0.5, 0.6) is 0 Å². The summed E-state index contributed by atoms with van der Waals surface area (Å²) in [5.41, 5.74) is 14.0. The number of hydrogen-bond donors (Lipinski definition) is 0. The van der Waals surface area contributed by atoms with E-state index >= 15 is 0 Å². The lowest BCUT2D eigenvalue weighted by Crippen LogP contribution is -1.98. The van der Waals surface area contributed by atoms with Gasteiger partial charge in [0.15, 0.2) is 11.6 Å². The number of hydrogen-bond acceptors (Lipinski definition) is 2. The monoisotopic (exact) mass is 288 g/mol. The molecule has 0 heterocycles. The summed E-state index contributed by atoms with van der Waals surface area (Å²) in [6.07, 6.45) is 7.24. The van der Waals surface area contributed by atoms with Crippen molar-refractivity contribution in [2.75, 3.05) is 0 Å². The van der Waals surface area contributed by atoms with E-state index in [0.717, 1.165) is 62.5 Å². The van der Waals surface area contributed by atoms with Crippen molar-refractivity contribution >= 4 is 11.6 Å². The van der Waals surface area contributed by atoms with Gasteiger partial charge in [0, 0.05) is 36.8 Å². The molecule has 0 aliphatic heterocycles. The number of fused-ring (bicyclic) bond motifs is 4. The first-order valence-corrected chi connectivity index (χ1v) is 8.40. The van der Waals surface area contributed by atoms with Gasteiger partial charge in [-0.3, -0.25) is 9.59 Å². The Morgan fingerprint density at radius 2 is 0.682 bits per heavy atom. The van der Waals surface area contributed by atoms with Crippen LogP contribution < -0.4 is 0 Å². The average molecular weight is 288 g/mol. The van der Waals surface area contributed by atoms with Crippen LogP contribution in [0.15, 0.2) is 55.7 Å². The van der Waals surface area contributed by atoms with Gasteiger partial charge in [0.05, 0.1) is 0 Å². The lowest BCUT2D eigenvalue weighted by molar-refractivity contribution is -0.115. The molecule has 2 nitrogen and oxygen atoms in total. The predicted molar refractivity (Wildman–Crippen MR) is 82.1 cm³/mol. The minimum Gasteiger partial charge on any atom is -0.295 e. The van der Waals surface area contributed by atoms with E-state index in [-0.39, 0.29) is 0 Å². The Morgan fingerprint density at radius 3 is 1.09 bits per heavy atom. The molecule has 6 aliphatic rings. The maximum atomic E-state index is 12.0. The number of carbonyl (C=O) groups excluding carboxylic acids is 2. The standard InChI is InChI=1S/C20H16O2/c21-19-3-1-9-11-5-13-14(15(11)7-17(9)19)6-12-10-2-4-20(22)18(10)8-16(12)13/h1-8H2. The van der Waals surface area contributed by atoms with Crippen molar-refractivity contribution in [1.29, 1.82) is 0 Å². The molecule has 0 aromatic carbocycles. The largest absolute Gasteiger partial charge is 0.295 e. The first-order valence-electron chi connectivity index (χ1n) is 8.40. The normalized spacial score (nSPS) is 28.5. The molecule has 0 unspecified atom stereocenters. The Morgan fingerprint density at radius 1 is 0.364 bits per heavy atom. The van der Waals surface area contributed by atoms with Gasteiger partial charge in [0.2, 0.25) is 0 Å². The summed E-state index contributed by atoms with van der Waals surface area (Å²) >= 11 is 0. The highest BCUT2D eigenvalue weighted by Gasteiger charge is 2.44. The van der Waals surface area contributed by atoms with Gasteiger partial charge >= 0.3 is 0 Å². The van der Waals surface area contributed by atoms with Crippen molar-refractivity contribution in [2.45, 2.75) is 51.4 Å². The van der Waals surface area contributed by atoms with Crippen LogP contribution in [0.1, 0.15) is 51.4 Å². The van der Waals surface area contributed by atoms with Gasteiger partial charge in [-0.2, -0.15) is 0 Å². The maximum Gasteiger partial charge on any atom is 0.159 e. The minimum absolute atomic E-state index is 0.386. The van der Waals surface area contributed by atoms with Crippen molar-refractivity contribution in [3.63, 3.8) is 0 Å². The highest BCUT2D eigenvalue weighted by atomic mass is 16.1. The zero-order valence-electron chi connectivity index (χ0n) is 12.5. The zero-order valence-corrected chi connectivity index (χ0v) is 12.5. The van der Waals surface area contributed by atoms with Crippen LogP contribution in [0, 0.1) is 0 Å². The lowest BCUT2D eigenvalue weighted by Gasteiger charge is -2.09. The van der Waals surface area contributed by atoms with E-state index in [4.69, 9.17) is 0 Å². The minimum atomic E-state index is 0.386. The summed E-state index contributed by atoms with van der Waals surface area (Å²) in [4.78, 5) is 24.0. The van der Waals surface area contributed by atoms with Crippen molar-refractivity contribution in [1.82, 2.24) is 0 Å². The molecule has 0 radical (unpaired) electrons. The molecule has 6 rings (SSSR count). The summed E-state index contributed by atoms with van der Waals surface area (Å²) in [6, 6.07) is 0. The molecule has 2 heteroatoms. The van der Waals surface area contributed by atoms with Crippen LogP contribution in [0.4, 0.5) is 0 Å². The second-order valence-corrected chi connectivity index (χ2v) is 7.34. The highest BCUT2D eigenvalue weighted by Crippen LogP contribution is 2.59. The molecule has 0 N–H and O–H groups in total. The van der Waals surface area contributed by atoms with Gasteiger partial charge in [-0.25, -0.2) is 0 Å². The topological polar surface area (TPSA) is 34.1 Å². The van der Waals surface area contributed by atoms with Crippen molar-refractivity contribution in [3.8, 4) is 0 Å². The summed E-state index contributed by atoms with van der Waals surface area (Å²) in [7, 11) is 0. The molecule has 0 aromatic rings. The molecule has 0 bridgehead atoms. The van der Waals surface area contributed by atoms with Crippen molar-refractivity contribution in [2.24, 2.45) is 0 Å². The SMILES string of the molecule is O=C1CCC2=C1CC1=C2CC2=C1CC1=C2CC2=C1CCC2=O. The molecular weight excluding hydrogens is 272 g/mol. The predicted octanol–water partition coefficient (Wildman–Crippen LogP) is 3.81. The molecule has 0 amide bonds. The van der Waals surface area contributed by atoms with E-state index in [0.29, 0.717) is 11.6 Å². The van der Waals surface area contributed by atoms with E-state index < -0.39 is 0 Å². The molecule has 0 spiro atoms. The third-order valence-electron chi connectivity index (χ3n) is 6.57. The van der Waals surface area contributed by atoms with Crippen LogP contribution in [0.25, 0.3) is 0 Å². The molecule has 0 saturated heterocycles. The molecular formula is C20H16O2. The molecule has 0 fully saturated rings. The number of ketones is 2. The fourth-order valence-electron chi connectivity index (χ4n) is 5.57. The van der Waals surface area contributed by atoms with E-state index in [9.17, 15) is 9.59 Å². The smallest absolute Gasteiger partial charge is 0.159 e. The summed E-state index contributed by atoms with van der Waals surface area (Å²) in [5, 5.41) is 0. The molecule has 108 valence electrons. The second kappa shape index (κ2) is 3.51. The maximum absolute atomic E-state index is 12.0. The molecule has 0 saturated carbocycles. The first-order chi connectivity index (χ1) is 10.7. The van der Waals surface area contributed by atoms with Crippen LogP contribution in [0.3, 0.4) is 0 Å². The zero-order chi connectivity index (χ0) is 14.6. The summed E-state index contributed by atoms with van der Waals surface area (Å²) in [6.45, 7) is 0. The Labute approximate surface area is 129 Å². The Kier molecular flexibility index (Phi) is 1.85. The van der Waals surface area contributed by atoms with Gasteiger partial charge in [0.25, 0.3) is 0 Å². The number of carbonyl (C=O) groups is 2. The van der Waals surface area contributed by atoms with Crippen molar-refractivity contribution < 1.29 is 9.59 Å². The quantitative estimate of drug-likeness (QED) is 0.679. The summed E-state index contributed by atoms with van der Waals surface area (Å²) < 4.78 is 0. The van der Waals surface area contributed by atoms with Crippen LogP contribution in [0.2, 0.25) is 0 Å². The van der Waals surface area contributed by atoms with E-state index in [1.165, 1.54) is 44.6 Å². The second-order valence-electron chi connectivity index (χ2n) is 7.34. The van der Waals surface area contributed by atoms with Crippen LogP contribution >= 0.6 is 0 Å². The van der Waals surface area contributed by atoms with E-state index in [1.807, 2.05) is 0 Å². The molecule has 22 heavy (non-hydrogen) atoms. The van der Waals surface area contributed by atoms with E-state index in [2.05, 4.69) is 0 Å². The van der Waals surface area contributed by atoms with Gasteiger partial charge < -0.3 is 0 Å². The number of rotatable bonds is 0. The van der Waals surface area contributed by atoms with Gasteiger partial charge in [-0.05, 0) is 70.3 Å². The number of allylic oxidation sites excluding steroid dienone is 10. The van der Waals surface area contributed by atoms with Gasteiger partial charge in [-0.1, -0.05) is 0 Å². The molecule has 0 aromatic heterocycles. The Bertz CT molecular complexity index is 822. The van der Waals surface area contributed by atoms with E-state index in [1.54, 1.807) is 0 Å². The van der Waals surface area contributed by atoms with Crippen LogP contribution in [-0.2, 0) is 9.59 Å². The third kappa shape index (κ3) is 1.13. The van der Waals surface area contributed by atoms with Crippen LogP contribution in [-0.4, -0.2) is 11.6 Å². The average Bonchev–Trinajstić information content (AvgIpc) is 3.23. The molecule has 6 aliphatic carbocycles. The fraction of sp³-hybridized carbons (Fsp3) is 0.400. The Balaban J connectivity index is 1.37. The van der Waals surface area contributed by atoms with Gasteiger partial charge in [0.1, 0.15) is 0 Å². The first kappa shape index (κ1) is 11.6. The Hall–Kier alpha value is -1.96.